The van der Waals surface area contributed by atoms with Crippen molar-refractivity contribution in [3.05, 3.63) is 11.4 Å². The fourth-order valence-electron chi connectivity index (χ4n) is 1.14. The Bertz CT molecular complexity index is 273. The predicted molar refractivity (Wildman–Crippen MR) is 42.6 cm³/mol. The van der Waals surface area contributed by atoms with Gasteiger partial charge in [0.25, 0.3) is 5.69 Å². The van der Waals surface area contributed by atoms with Gasteiger partial charge in [-0.2, -0.15) is 0 Å². The molecule has 0 aliphatic rings. The van der Waals surface area contributed by atoms with Gasteiger partial charge in [0.15, 0.2) is 5.16 Å². The lowest BCUT2D eigenvalue weighted by molar-refractivity contribution is -1.02. The number of hydrogen-bond donors (Lipinski definition) is 0. The maximum absolute atomic E-state index is 4.92. The zero-order chi connectivity index (χ0) is 9.35. The molecule has 1 aromatic rings. The van der Waals surface area contributed by atoms with E-state index in [1.54, 1.807) is 7.11 Å². The molecule has 1 aromatic heterocycles. The van der Waals surface area contributed by atoms with E-state index in [0.717, 1.165) is 11.4 Å². The summed E-state index contributed by atoms with van der Waals surface area (Å²) >= 11 is 0. The standard InChI is InChI=1S/C8H15N2O2/c1-6-7(8(2,3)4)9-12-10(6)11-5/h1-5H3/q+1. The summed E-state index contributed by atoms with van der Waals surface area (Å²) in [5, 5.41) is 3.92. The van der Waals surface area contributed by atoms with Gasteiger partial charge in [0.2, 0.25) is 5.69 Å². The van der Waals surface area contributed by atoms with Crippen molar-refractivity contribution in [1.29, 1.82) is 0 Å². The second-order valence-electron chi connectivity index (χ2n) is 3.80. The van der Waals surface area contributed by atoms with Gasteiger partial charge >= 0.3 is 0 Å². The van der Waals surface area contributed by atoms with Crippen molar-refractivity contribution in [1.82, 2.24) is 5.16 Å². The first-order valence-electron chi connectivity index (χ1n) is 3.90. The van der Waals surface area contributed by atoms with E-state index in [4.69, 9.17) is 9.47 Å². The monoisotopic (exact) mass is 171 g/mol. The molecule has 0 saturated heterocycles. The van der Waals surface area contributed by atoms with Gasteiger partial charge in [-0.1, -0.05) is 20.8 Å². The second kappa shape index (κ2) is 2.77. The van der Waals surface area contributed by atoms with Crippen LogP contribution in [0.1, 0.15) is 32.2 Å². The lowest BCUT2D eigenvalue weighted by Crippen LogP contribution is -2.41. The van der Waals surface area contributed by atoms with Crippen molar-refractivity contribution in [3.8, 4) is 0 Å². The zero-order valence-corrected chi connectivity index (χ0v) is 8.21. The number of rotatable bonds is 1. The van der Waals surface area contributed by atoms with Crippen LogP contribution >= 0.6 is 0 Å². The number of nitrogens with zero attached hydrogens (tertiary/aromatic N) is 2. The van der Waals surface area contributed by atoms with E-state index >= 15 is 0 Å². The highest BCUT2D eigenvalue weighted by Gasteiger charge is 2.32. The van der Waals surface area contributed by atoms with Gasteiger partial charge < -0.3 is 4.84 Å². The summed E-state index contributed by atoms with van der Waals surface area (Å²) in [4.78, 5) is 6.21. The molecule has 0 aliphatic heterocycles. The number of hydrogen-bond acceptors (Lipinski definition) is 3. The molecule has 0 bridgehead atoms. The molecule has 0 aromatic carbocycles. The van der Waals surface area contributed by atoms with Crippen LogP contribution in [0, 0.1) is 6.92 Å². The zero-order valence-electron chi connectivity index (χ0n) is 8.21. The molecule has 0 atom stereocenters. The average Bonchev–Trinajstić information content (AvgIpc) is 2.29. The Hall–Kier alpha value is -1.06. The van der Waals surface area contributed by atoms with Gasteiger partial charge in [0.1, 0.15) is 12.0 Å². The van der Waals surface area contributed by atoms with Crippen LogP contribution in [-0.2, 0) is 5.41 Å². The third-order valence-electron chi connectivity index (χ3n) is 1.70. The molecule has 0 saturated carbocycles. The minimum absolute atomic E-state index is 0.00262. The lowest BCUT2D eigenvalue weighted by atomic mass is 9.91. The van der Waals surface area contributed by atoms with Crippen LogP contribution in [0.2, 0.25) is 0 Å². The van der Waals surface area contributed by atoms with Crippen LogP contribution < -0.4 is 9.74 Å². The minimum Gasteiger partial charge on any atom is -0.305 e. The molecule has 0 N–H and O–H groups in total. The van der Waals surface area contributed by atoms with Crippen molar-refractivity contribution in [3.63, 3.8) is 0 Å². The molecule has 0 radical (unpaired) electrons. The Kier molecular flexibility index (Phi) is 2.08. The SMILES string of the molecule is CO[n+]1onc(C(C)(C)C)c1C. The third-order valence-corrected chi connectivity index (χ3v) is 1.70. The van der Waals surface area contributed by atoms with E-state index in [9.17, 15) is 0 Å². The molecule has 1 heterocycles. The lowest BCUT2D eigenvalue weighted by Gasteiger charge is -2.08. The van der Waals surface area contributed by atoms with E-state index in [-0.39, 0.29) is 5.41 Å². The maximum atomic E-state index is 4.92. The van der Waals surface area contributed by atoms with Crippen LogP contribution in [0.25, 0.3) is 0 Å². The second-order valence-corrected chi connectivity index (χ2v) is 3.80. The molecular weight excluding hydrogens is 156 g/mol. The highest BCUT2D eigenvalue weighted by atomic mass is 16.8. The third kappa shape index (κ3) is 1.42. The molecular formula is C8H15N2O2+. The van der Waals surface area contributed by atoms with Gasteiger partial charge in [0, 0.05) is 12.3 Å². The van der Waals surface area contributed by atoms with E-state index in [2.05, 4.69) is 25.9 Å². The van der Waals surface area contributed by atoms with Crippen LogP contribution in [0.15, 0.2) is 4.63 Å². The molecule has 1 rings (SSSR count). The Morgan fingerprint density at radius 1 is 1.42 bits per heavy atom. The molecule has 0 unspecified atom stereocenters. The predicted octanol–water partition coefficient (Wildman–Crippen LogP) is 0.626. The molecule has 4 heteroatoms. The van der Waals surface area contributed by atoms with E-state index in [0.29, 0.717) is 0 Å². The first-order chi connectivity index (χ1) is 5.46. The van der Waals surface area contributed by atoms with Crippen molar-refractivity contribution >= 4 is 0 Å². The first kappa shape index (κ1) is 9.03. The van der Waals surface area contributed by atoms with Crippen molar-refractivity contribution < 1.29 is 14.4 Å². The normalized spacial score (nSPS) is 11.8. The summed E-state index contributed by atoms with van der Waals surface area (Å²) in [6, 6.07) is 0. The topological polar surface area (TPSA) is 39.1 Å². The van der Waals surface area contributed by atoms with Crippen LogP contribution in [0.4, 0.5) is 0 Å². The molecule has 0 aliphatic carbocycles. The van der Waals surface area contributed by atoms with Crippen molar-refractivity contribution in [2.75, 3.05) is 7.11 Å². The first-order valence-corrected chi connectivity index (χ1v) is 3.90. The Balaban J connectivity index is 3.11. The van der Waals surface area contributed by atoms with E-state index in [1.165, 1.54) is 4.90 Å². The van der Waals surface area contributed by atoms with Crippen LogP contribution in [0.5, 0.6) is 0 Å². The maximum Gasteiger partial charge on any atom is 0.256 e. The quantitative estimate of drug-likeness (QED) is 0.622. The van der Waals surface area contributed by atoms with Gasteiger partial charge in [-0.3, -0.25) is 0 Å². The summed E-state index contributed by atoms with van der Waals surface area (Å²) in [5.74, 6) is 0. The van der Waals surface area contributed by atoms with E-state index < -0.39 is 0 Å². The molecule has 0 amide bonds. The highest BCUT2D eigenvalue weighted by molar-refractivity contribution is 5.11. The van der Waals surface area contributed by atoms with Crippen molar-refractivity contribution in [2.24, 2.45) is 0 Å². The molecule has 4 nitrogen and oxygen atoms in total. The van der Waals surface area contributed by atoms with Gasteiger partial charge in [-0.15, -0.1) is 0 Å². The fourth-order valence-corrected chi connectivity index (χ4v) is 1.14. The summed E-state index contributed by atoms with van der Waals surface area (Å²) in [7, 11) is 1.55. The highest BCUT2D eigenvalue weighted by Crippen LogP contribution is 2.20. The fraction of sp³-hybridized carbons (Fsp3) is 0.750. The Morgan fingerprint density at radius 3 is 2.25 bits per heavy atom. The minimum atomic E-state index is -0.00262. The van der Waals surface area contributed by atoms with Crippen molar-refractivity contribution in [2.45, 2.75) is 33.1 Å². The summed E-state index contributed by atoms with van der Waals surface area (Å²) in [6.45, 7) is 8.16. The van der Waals surface area contributed by atoms with Crippen LogP contribution in [-0.4, -0.2) is 12.3 Å². The smallest absolute Gasteiger partial charge is 0.256 e. The van der Waals surface area contributed by atoms with E-state index in [1.807, 2.05) is 6.92 Å². The molecule has 12 heavy (non-hydrogen) atoms. The Labute approximate surface area is 72.0 Å². The summed E-state index contributed by atoms with van der Waals surface area (Å²) in [6.07, 6.45) is 0. The van der Waals surface area contributed by atoms with Gasteiger partial charge in [0.05, 0.1) is 0 Å². The van der Waals surface area contributed by atoms with Gasteiger partial charge in [-0.25, -0.2) is 0 Å². The summed E-state index contributed by atoms with van der Waals surface area (Å²) < 4.78 is 4.92. The molecule has 0 spiro atoms. The molecule has 0 fully saturated rings. The largest absolute Gasteiger partial charge is 0.305 e. The summed E-state index contributed by atoms with van der Waals surface area (Å²) in [5.41, 5.74) is 1.83. The molecule has 68 valence electrons. The Morgan fingerprint density at radius 2 is 2.00 bits per heavy atom. The average molecular weight is 171 g/mol. The van der Waals surface area contributed by atoms with Gasteiger partial charge in [-0.05, 0) is 4.63 Å². The number of aromatic nitrogens is 2. The van der Waals surface area contributed by atoms with Crippen LogP contribution in [0.3, 0.4) is 0 Å².